The van der Waals surface area contributed by atoms with E-state index < -0.39 is 40.6 Å². The molecule has 3 atom stereocenters. The van der Waals surface area contributed by atoms with E-state index in [9.17, 15) is 32.3 Å². The van der Waals surface area contributed by atoms with Crippen molar-refractivity contribution in [2.45, 2.75) is 48.2 Å². The number of halogens is 3. The lowest BCUT2D eigenvalue weighted by molar-refractivity contribution is -0.137. The Labute approximate surface area is 254 Å². The molecular formula is C30H29F3N4O4S2. The molecule has 0 spiro atoms. The minimum atomic E-state index is -4.65. The van der Waals surface area contributed by atoms with Gasteiger partial charge in [-0.2, -0.15) is 13.2 Å². The second kappa shape index (κ2) is 11.2. The van der Waals surface area contributed by atoms with E-state index in [-0.39, 0.29) is 23.0 Å². The summed E-state index contributed by atoms with van der Waals surface area (Å²) in [5, 5.41) is -0.534. The van der Waals surface area contributed by atoms with Crippen LogP contribution in [-0.4, -0.2) is 59.6 Å². The molecule has 3 aliphatic rings. The summed E-state index contributed by atoms with van der Waals surface area (Å²) < 4.78 is 41.9. The zero-order valence-electron chi connectivity index (χ0n) is 23.5. The van der Waals surface area contributed by atoms with Gasteiger partial charge in [0, 0.05) is 43.7 Å². The second-order valence-corrected chi connectivity index (χ2v) is 13.3. The Balaban J connectivity index is 1.43. The number of thioether (sulfide) groups is 1. The zero-order valence-corrected chi connectivity index (χ0v) is 25.1. The third-order valence-electron chi connectivity index (χ3n) is 8.25. The van der Waals surface area contributed by atoms with Gasteiger partial charge in [0.15, 0.2) is 0 Å². The van der Waals surface area contributed by atoms with Crippen LogP contribution in [0, 0.1) is 5.92 Å². The number of rotatable bonds is 5. The molecule has 1 aromatic heterocycles. The third-order valence-corrected chi connectivity index (χ3v) is 10.9. The van der Waals surface area contributed by atoms with E-state index in [1.807, 2.05) is 43.3 Å². The summed E-state index contributed by atoms with van der Waals surface area (Å²) in [4.78, 5) is 59.1. The van der Waals surface area contributed by atoms with Gasteiger partial charge in [-0.25, -0.2) is 4.90 Å². The standard InChI is InChI=1S/C30H29F3N4O4S2/c1-34(2)19-11-9-17(10-12-19)22-23-24(27(40)37(26(23)39)20-8-6-7-18(15-20)30(31,32)33)42-28-25(22)43-29(41)36(28)16-21(38)35-13-4-3-5-14-35/h6-12,15,22-24H,3-5,13-14,16H2,1-2H3. The summed E-state index contributed by atoms with van der Waals surface area (Å²) in [5.74, 6) is -3.10. The van der Waals surface area contributed by atoms with E-state index in [0.29, 0.717) is 28.6 Å². The molecule has 3 unspecified atom stereocenters. The van der Waals surface area contributed by atoms with Crippen LogP contribution in [0.15, 0.2) is 58.4 Å². The molecule has 3 aromatic rings. The molecule has 226 valence electrons. The third kappa shape index (κ3) is 5.26. The summed E-state index contributed by atoms with van der Waals surface area (Å²) >= 11 is 2.00. The Morgan fingerprint density at radius 1 is 0.977 bits per heavy atom. The Morgan fingerprint density at radius 2 is 1.67 bits per heavy atom. The molecule has 2 saturated heterocycles. The Hall–Kier alpha value is -3.58. The molecule has 0 radical (unpaired) electrons. The number of imide groups is 1. The van der Waals surface area contributed by atoms with E-state index in [4.69, 9.17) is 0 Å². The molecule has 3 aliphatic heterocycles. The summed E-state index contributed by atoms with van der Waals surface area (Å²) in [6.07, 6.45) is -1.81. The summed E-state index contributed by atoms with van der Waals surface area (Å²) in [6, 6.07) is 11.6. The van der Waals surface area contributed by atoms with Crippen LogP contribution in [0.25, 0.3) is 0 Å². The second-order valence-electron chi connectivity index (χ2n) is 11.2. The zero-order chi connectivity index (χ0) is 30.6. The summed E-state index contributed by atoms with van der Waals surface area (Å²) in [7, 11) is 3.77. The number of likely N-dealkylation sites (tertiary alicyclic amines) is 1. The fourth-order valence-corrected chi connectivity index (χ4v) is 8.82. The molecule has 13 heteroatoms. The molecule has 3 amide bonds. The smallest absolute Gasteiger partial charge is 0.378 e. The number of piperidine rings is 1. The van der Waals surface area contributed by atoms with Crippen molar-refractivity contribution in [2.24, 2.45) is 5.92 Å². The molecule has 0 saturated carbocycles. The number of aromatic nitrogens is 1. The van der Waals surface area contributed by atoms with Gasteiger partial charge in [-0.15, -0.1) is 0 Å². The maximum atomic E-state index is 14.0. The predicted molar refractivity (Wildman–Crippen MR) is 159 cm³/mol. The fourth-order valence-electron chi connectivity index (χ4n) is 6.05. The molecule has 0 aliphatic carbocycles. The molecule has 4 heterocycles. The molecule has 0 N–H and O–H groups in total. The lowest BCUT2D eigenvalue weighted by Crippen LogP contribution is -2.39. The van der Waals surface area contributed by atoms with Gasteiger partial charge in [0.2, 0.25) is 17.7 Å². The Bertz CT molecular complexity index is 1640. The van der Waals surface area contributed by atoms with Crippen molar-refractivity contribution in [3.8, 4) is 0 Å². The highest BCUT2D eigenvalue weighted by atomic mass is 32.2. The highest BCUT2D eigenvalue weighted by Gasteiger charge is 2.57. The van der Waals surface area contributed by atoms with E-state index in [1.165, 1.54) is 16.7 Å². The minimum Gasteiger partial charge on any atom is -0.378 e. The number of alkyl halides is 3. The van der Waals surface area contributed by atoms with Gasteiger partial charge < -0.3 is 9.80 Å². The quantitative estimate of drug-likeness (QED) is 0.377. The first-order valence-electron chi connectivity index (χ1n) is 14.0. The number of amides is 3. The molecule has 0 bridgehead atoms. The SMILES string of the molecule is CN(C)c1ccc(C2c3sc(=O)n(CC(=O)N4CCCCC4)c3SC3C(=O)N(c4cccc(C(F)(F)F)c4)C(=O)C32)cc1. The van der Waals surface area contributed by atoms with E-state index in [0.717, 1.165) is 65.1 Å². The maximum absolute atomic E-state index is 14.0. The molecule has 2 fully saturated rings. The normalized spacial score (nSPS) is 22.0. The number of anilines is 2. The fraction of sp³-hybridized carbons (Fsp3) is 0.400. The highest BCUT2D eigenvalue weighted by molar-refractivity contribution is 8.00. The molecule has 8 nitrogen and oxygen atoms in total. The number of nitrogens with zero attached hydrogens (tertiary/aromatic N) is 4. The van der Waals surface area contributed by atoms with E-state index >= 15 is 0 Å². The number of thiazole rings is 1. The van der Waals surface area contributed by atoms with E-state index in [2.05, 4.69) is 0 Å². The maximum Gasteiger partial charge on any atom is 0.416 e. The first-order valence-corrected chi connectivity index (χ1v) is 15.7. The topological polar surface area (TPSA) is 82.9 Å². The Morgan fingerprint density at radius 3 is 2.33 bits per heavy atom. The molecular weight excluding hydrogens is 601 g/mol. The van der Waals surface area contributed by atoms with Crippen molar-refractivity contribution in [1.29, 1.82) is 0 Å². The van der Waals surface area contributed by atoms with Crippen molar-refractivity contribution in [3.05, 3.63) is 74.2 Å². The number of hydrogen-bond acceptors (Lipinski definition) is 7. The molecule has 43 heavy (non-hydrogen) atoms. The highest BCUT2D eigenvalue weighted by Crippen LogP contribution is 2.54. The number of fused-ring (bicyclic) bond motifs is 2. The van der Waals surface area contributed by atoms with Crippen LogP contribution >= 0.6 is 23.1 Å². The molecule has 2 aromatic carbocycles. The average molecular weight is 631 g/mol. The number of carbonyl (C=O) groups excluding carboxylic acids is 3. The van der Waals surface area contributed by atoms with Crippen LogP contribution in [0.2, 0.25) is 0 Å². The van der Waals surface area contributed by atoms with Gasteiger partial charge in [0.1, 0.15) is 11.8 Å². The van der Waals surface area contributed by atoms with Crippen LogP contribution < -0.4 is 14.7 Å². The van der Waals surface area contributed by atoms with Gasteiger partial charge >= 0.3 is 11.0 Å². The van der Waals surface area contributed by atoms with Gasteiger partial charge in [0.05, 0.1) is 22.2 Å². The summed E-state index contributed by atoms with van der Waals surface area (Å²) in [5.41, 5.74) is 0.489. The minimum absolute atomic E-state index is 0.150. The lowest BCUT2D eigenvalue weighted by Gasteiger charge is -2.31. The Kier molecular flexibility index (Phi) is 7.66. The van der Waals surface area contributed by atoms with Gasteiger partial charge in [0.25, 0.3) is 0 Å². The van der Waals surface area contributed by atoms with Gasteiger partial charge in [-0.3, -0.25) is 23.7 Å². The van der Waals surface area contributed by atoms with E-state index in [1.54, 1.807) is 4.90 Å². The average Bonchev–Trinajstić information content (AvgIpc) is 3.43. The van der Waals surface area contributed by atoms with Crippen molar-refractivity contribution in [3.63, 3.8) is 0 Å². The van der Waals surface area contributed by atoms with Crippen molar-refractivity contribution in [1.82, 2.24) is 9.47 Å². The first kappa shape index (κ1) is 29.5. The van der Waals surface area contributed by atoms with Crippen molar-refractivity contribution >= 4 is 52.2 Å². The summed E-state index contributed by atoms with van der Waals surface area (Å²) in [6.45, 7) is 1.07. The number of carbonyl (C=O) groups is 3. The van der Waals surface area contributed by atoms with Crippen molar-refractivity contribution < 1.29 is 27.6 Å². The van der Waals surface area contributed by atoms with Crippen molar-refractivity contribution in [2.75, 3.05) is 37.0 Å². The van der Waals surface area contributed by atoms with Crippen LogP contribution in [0.5, 0.6) is 0 Å². The monoisotopic (exact) mass is 630 g/mol. The van der Waals surface area contributed by atoms with Gasteiger partial charge in [-0.1, -0.05) is 41.3 Å². The largest absolute Gasteiger partial charge is 0.416 e. The van der Waals surface area contributed by atoms with Crippen LogP contribution in [0.4, 0.5) is 24.5 Å². The number of hydrogen-bond donors (Lipinski definition) is 0. The predicted octanol–water partition coefficient (Wildman–Crippen LogP) is 4.80. The van der Waals surface area contributed by atoms with Gasteiger partial charge in [-0.05, 0) is 55.2 Å². The first-order chi connectivity index (χ1) is 20.5. The van der Waals surface area contributed by atoms with Crippen LogP contribution in [0.1, 0.15) is 41.2 Å². The van der Waals surface area contributed by atoms with Crippen LogP contribution in [-0.2, 0) is 27.1 Å². The number of benzene rings is 2. The molecule has 6 rings (SSSR count). The lowest BCUT2D eigenvalue weighted by atomic mass is 9.83. The van der Waals surface area contributed by atoms with Crippen LogP contribution in [0.3, 0.4) is 0 Å².